The average molecular weight is 155 g/mol. The van der Waals surface area contributed by atoms with Crippen LogP contribution in [-0.4, -0.2) is 17.5 Å². The van der Waals surface area contributed by atoms with Crippen LogP contribution in [0.2, 0.25) is 0 Å². The summed E-state index contributed by atoms with van der Waals surface area (Å²) in [5.41, 5.74) is 4.87. The zero-order valence-corrected chi connectivity index (χ0v) is 6.00. The molecule has 1 rings (SSSR count). The van der Waals surface area contributed by atoms with Gasteiger partial charge in [0.25, 0.3) is 0 Å². The number of hydrogen-bond acceptors (Lipinski definition) is 3. The molecule has 60 valence electrons. The Bertz CT molecular complexity index is 206. The molecule has 0 aromatic carbocycles. The molecule has 0 aromatic heterocycles. The normalized spacial score (nSPS) is 20.4. The second-order valence-electron chi connectivity index (χ2n) is 2.62. The van der Waals surface area contributed by atoms with Gasteiger partial charge in [0.2, 0.25) is 5.91 Å². The second-order valence-corrected chi connectivity index (χ2v) is 2.62. The number of Topliss-reactive ketones (excluding diaryl/α,β-unsaturated/α-hetero) is 2. The molecule has 0 aliphatic heterocycles. The standard InChI is InChI=1S/C7H9NO3/c8-7(11)6-4(9)2-1-3-5(6)10/h6H,1-3H2,(H2,8,11). The maximum absolute atomic E-state index is 10.9. The first-order valence-corrected chi connectivity index (χ1v) is 3.47. The van der Waals surface area contributed by atoms with Crippen LogP contribution in [0.25, 0.3) is 0 Å². The molecular formula is C7H9NO3. The highest BCUT2D eigenvalue weighted by Gasteiger charge is 2.34. The first kappa shape index (κ1) is 7.91. The highest BCUT2D eigenvalue weighted by molar-refractivity contribution is 6.19. The summed E-state index contributed by atoms with van der Waals surface area (Å²) in [6, 6.07) is 0. The van der Waals surface area contributed by atoms with Gasteiger partial charge < -0.3 is 5.73 Å². The highest BCUT2D eigenvalue weighted by atomic mass is 16.2. The lowest BCUT2D eigenvalue weighted by atomic mass is 9.86. The van der Waals surface area contributed by atoms with E-state index >= 15 is 0 Å². The molecule has 11 heavy (non-hydrogen) atoms. The maximum atomic E-state index is 10.9. The van der Waals surface area contributed by atoms with Gasteiger partial charge >= 0.3 is 0 Å². The van der Waals surface area contributed by atoms with Crippen LogP contribution in [-0.2, 0) is 14.4 Å². The van der Waals surface area contributed by atoms with Gasteiger partial charge in [-0.2, -0.15) is 0 Å². The Labute approximate surface area is 63.7 Å². The fourth-order valence-corrected chi connectivity index (χ4v) is 1.22. The minimum atomic E-state index is -1.15. The van der Waals surface area contributed by atoms with E-state index in [2.05, 4.69) is 0 Å². The van der Waals surface area contributed by atoms with Crippen LogP contribution in [0.5, 0.6) is 0 Å². The van der Waals surface area contributed by atoms with E-state index in [0.717, 1.165) is 0 Å². The van der Waals surface area contributed by atoms with Crippen LogP contribution < -0.4 is 5.73 Å². The fourth-order valence-electron chi connectivity index (χ4n) is 1.22. The molecule has 1 aliphatic rings. The summed E-state index contributed by atoms with van der Waals surface area (Å²) in [5, 5.41) is 0. The third-order valence-electron chi connectivity index (χ3n) is 1.77. The van der Waals surface area contributed by atoms with Crippen molar-refractivity contribution in [3.05, 3.63) is 0 Å². The third kappa shape index (κ3) is 1.45. The van der Waals surface area contributed by atoms with E-state index in [0.29, 0.717) is 19.3 Å². The Morgan fingerprint density at radius 3 is 2.00 bits per heavy atom. The van der Waals surface area contributed by atoms with Crippen molar-refractivity contribution < 1.29 is 14.4 Å². The Kier molecular flexibility index (Phi) is 2.03. The first-order valence-electron chi connectivity index (χ1n) is 3.47. The number of rotatable bonds is 1. The van der Waals surface area contributed by atoms with Crippen LogP contribution in [0.15, 0.2) is 0 Å². The topological polar surface area (TPSA) is 77.2 Å². The van der Waals surface area contributed by atoms with Gasteiger partial charge in [-0.3, -0.25) is 14.4 Å². The van der Waals surface area contributed by atoms with Gasteiger partial charge in [-0.25, -0.2) is 0 Å². The van der Waals surface area contributed by atoms with Crippen LogP contribution in [0.1, 0.15) is 19.3 Å². The molecule has 0 bridgehead atoms. The van der Waals surface area contributed by atoms with E-state index in [1.54, 1.807) is 0 Å². The zero-order valence-electron chi connectivity index (χ0n) is 6.00. The molecule has 4 heteroatoms. The lowest BCUT2D eigenvalue weighted by Gasteiger charge is -2.15. The molecule has 0 saturated heterocycles. The van der Waals surface area contributed by atoms with Crippen LogP contribution in [0.3, 0.4) is 0 Å². The molecule has 0 radical (unpaired) electrons. The van der Waals surface area contributed by atoms with Gasteiger partial charge in [-0.15, -0.1) is 0 Å². The number of nitrogens with two attached hydrogens (primary N) is 1. The summed E-state index contributed by atoms with van der Waals surface area (Å²) in [5.74, 6) is -2.61. The smallest absolute Gasteiger partial charge is 0.235 e. The molecule has 1 aliphatic carbocycles. The van der Waals surface area contributed by atoms with Crippen LogP contribution in [0.4, 0.5) is 0 Å². The first-order chi connectivity index (χ1) is 5.13. The number of carbonyl (C=O) groups is 3. The van der Waals surface area contributed by atoms with Crippen molar-refractivity contribution in [2.24, 2.45) is 11.7 Å². The van der Waals surface area contributed by atoms with Gasteiger partial charge in [0.15, 0.2) is 17.5 Å². The van der Waals surface area contributed by atoms with Gasteiger partial charge in [0, 0.05) is 12.8 Å². The van der Waals surface area contributed by atoms with Crippen molar-refractivity contribution in [1.29, 1.82) is 0 Å². The second kappa shape index (κ2) is 2.82. The summed E-state index contributed by atoms with van der Waals surface area (Å²) >= 11 is 0. The minimum absolute atomic E-state index is 0.305. The van der Waals surface area contributed by atoms with Crippen molar-refractivity contribution >= 4 is 17.5 Å². The summed E-state index contributed by atoms with van der Waals surface area (Å²) in [6.07, 6.45) is 1.17. The minimum Gasteiger partial charge on any atom is -0.369 e. The lowest BCUT2D eigenvalue weighted by Crippen LogP contribution is -2.39. The molecule has 0 atom stereocenters. The average Bonchev–Trinajstić information content (AvgIpc) is 1.85. The SMILES string of the molecule is NC(=O)C1C(=O)CCCC1=O. The Morgan fingerprint density at radius 1 is 1.27 bits per heavy atom. The third-order valence-corrected chi connectivity index (χ3v) is 1.77. The van der Waals surface area contributed by atoms with Gasteiger partial charge in [0.1, 0.15) is 0 Å². The molecule has 0 aromatic rings. The molecule has 1 saturated carbocycles. The Hall–Kier alpha value is -1.19. The van der Waals surface area contributed by atoms with E-state index in [4.69, 9.17) is 5.73 Å². The van der Waals surface area contributed by atoms with Crippen molar-refractivity contribution in [1.82, 2.24) is 0 Å². The number of hydrogen-bond donors (Lipinski definition) is 1. The highest BCUT2D eigenvalue weighted by Crippen LogP contribution is 2.16. The summed E-state index contributed by atoms with van der Waals surface area (Å²) in [4.78, 5) is 32.4. The van der Waals surface area contributed by atoms with Crippen molar-refractivity contribution in [3.8, 4) is 0 Å². The Balaban J connectivity index is 2.79. The van der Waals surface area contributed by atoms with Crippen molar-refractivity contribution in [2.75, 3.05) is 0 Å². The van der Waals surface area contributed by atoms with Crippen LogP contribution in [0, 0.1) is 5.92 Å². The molecule has 2 N–H and O–H groups in total. The van der Waals surface area contributed by atoms with E-state index in [1.165, 1.54) is 0 Å². The Morgan fingerprint density at radius 2 is 1.73 bits per heavy atom. The van der Waals surface area contributed by atoms with Gasteiger partial charge in [-0.05, 0) is 6.42 Å². The lowest BCUT2D eigenvalue weighted by molar-refractivity contribution is -0.141. The summed E-state index contributed by atoms with van der Waals surface area (Å²) in [6.45, 7) is 0. The molecule has 4 nitrogen and oxygen atoms in total. The van der Waals surface area contributed by atoms with E-state index < -0.39 is 11.8 Å². The van der Waals surface area contributed by atoms with Crippen molar-refractivity contribution in [3.63, 3.8) is 0 Å². The maximum Gasteiger partial charge on any atom is 0.235 e. The summed E-state index contributed by atoms with van der Waals surface area (Å²) in [7, 11) is 0. The van der Waals surface area contributed by atoms with Gasteiger partial charge in [0.05, 0.1) is 0 Å². The summed E-state index contributed by atoms with van der Waals surface area (Å²) < 4.78 is 0. The number of amides is 1. The van der Waals surface area contributed by atoms with Crippen molar-refractivity contribution in [2.45, 2.75) is 19.3 Å². The quantitative estimate of drug-likeness (QED) is 0.514. The fraction of sp³-hybridized carbons (Fsp3) is 0.571. The zero-order chi connectivity index (χ0) is 8.43. The number of carbonyl (C=O) groups excluding carboxylic acids is 3. The van der Waals surface area contributed by atoms with E-state index in [1.807, 2.05) is 0 Å². The van der Waals surface area contributed by atoms with E-state index in [9.17, 15) is 14.4 Å². The van der Waals surface area contributed by atoms with Crippen LogP contribution >= 0.6 is 0 Å². The number of primary amides is 1. The molecule has 0 unspecified atom stereocenters. The molecular weight excluding hydrogens is 146 g/mol. The predicted octanol–water partition coefficient (Wildman–Crippen LogP) is -0.590. The van der Waals surface area contributed by atoms with E-state index in [-0.39, 0.29) is 11.6 Å². The van der Waals surface area contributed by atoms with Gasteiger partial charge in [-0.1, -0.05) is 0 Å². The monoisotopic (exact) mass is 155 g/mol. The molecule has 0 heterocycles. The molecule has 1 amide bonds. The molecule has 1 fully saturated rings. The predicted molar refractivity (Wildman–Crippen MR) is 36.5 cm³/mol. The largest absolute Gasteiger partial charge is 0.369 e. The molecule has 0 spiro atoms. The number of ketones is 2.